The van der Waals surface area contributed by atoms with E-state index in [0.29, 0.717) is 17.2 Å². The minimum Gasteiger partial charge on any atom is -0.493 e. The summed E-state index contributed by atoms with van der Waals surface area (Å²) in [5.74, 6) is 1.70. The number of fused-ring (bicyclic) bond motifs is 1. The molecule has 2 aromatic carbocycles. The van der Waals surface area contributed by atoms with Crippen LogP contribution in [0.2, 0.25) is 0 Å². The Morgan fingerprint density at radius 3 is 2.19 bits per heavy atom. The maximum atomic E-state index is 5.42. The van der Waals surface area contributed by atoms with Gasteiger partial charge in [-0.3, -0.25) is 0 Å². The van der Waals surface area contributed by atoms with Gasteiger partial charge in [-0.05, 0) is 24.3 Å². The van der Waals surface area contributed by atoms with Crippen molar-refractivity contribution < 1.29 is 14.2 Å². The number of para-hydroxylation sites is 1. The highest BCUT2D eigenvalue weighted by atomic mass is 32.1. The van der Waals surface area contributed by atoms with Crippen molar-refractivity contribution >= 4 is 22.2 Å². The number of hydrogen-bond acceptors (Lipinski definition) is 7. The van der Waals surface area contributed by atoms with Crippen molar-refractivity contribution in [1.29, 1.82) is 0 Å². The van der Waals surface area contributed by atoms with Crippen LogP contribution in [0.1, 0.15) is 0 Å². The number of methoxy groups -OCH3 is 3. The molecule has 0 radical (unpaired) electrons. The molecule has 0 aliphatic heterocycles. The Bertz CT molecular complexity index is 1090. The van der Waals surface area contributed by atoms with Crippen LogP contribution < -0.4 is 14.2 Å². The molecule has 0 saturated carbocycles. The number of hydrogen-bond donors (Lipinski definition) is 0. The van der Waals surface area contributed by atoms with E-state index in [4.69, 9.17) is 14.2 Å². The third kappa shape index (κ3) is 3.17. The van der Waals surface area contributed by atoms with Crippen molar-refractivity contribution in [2.45, 2.75) is 0 Å². The van der Waals surface area contributed by atoms with E-state index in [9.17, 15) is 0 Å². The van der Waals surface area contributed by atoms with Crippen LogP contribution in [-0.2, 0) is 0 Å². The molecular formula is C20H17N3O3S. The number of rotatable bonds is 5. The Morgan fingerprint density at radius 2 is 1.48 bits per heavy atom. The van der Waals surface area contributed by atoms with E-state index < -0.39 is 0 Å². The fourth-order valence-corrected chi connectivity index (χ4v) is 3.63. The molecule has 2 aromatic heterocycles. The van der Waals surface area contributed by atoms with E-state index >= 15 is 0 Å². The fraction of sp³-hybridized carbons (Fsp3) is 0.150. The highest BCUT2D eigenvalue weighted by Gasteiger charge is 2.17. The van der Waals surface area contributed by atoms with Crippen molar-refractivity contribution in [2.24, 2.45) is 0 Å². The highest BCUT2D eigenvalue weighted by Crippen LogP contribution is 2.42. The van der Waals surface area contributed by atoms with E-state index in [-0.39, 0.29) is 0 Å². The van der Waals surface area contributed by atoms with Gasteiger partial charge in [0.2, 0.25) is 5.75 Å². The lowest BCUT2D eigenvalue weighted by molar-refractivity contribution is 0.324. The number of aromatic nitrogens is 3. The molecule has 0 atom stereocenters. The molecule has 0 aliphatic carbocycles. The maximum Gasteiger partial charge on any atom is 0.203 e. The fourth-order valence-electron chi connectivity index (χ4n) is 2.83. The number of pyridine rings is 1. The first-order valence-corrected chi connectivity index (χ1v) is 9.05. The molecule has 136 valence electrons. The topological polar surface area (TPSA) is 66.4 Å². The molecule has 0 N–H and O–H groups in total. The van der Waals surface area contributed by atoms with Crippen molar-refractivity contribution in [2.75, 3.05) is 21.3 Å². The van der Waals surface area contributed by atoms with Gasteiger partial charge in [0.15, 0.2) is 16.5 Å². The summed E-state index contributed by atoms with van der Waals surface area (Å²) in [6.07, 6.45) is 0. The summed E-state index contributed by atoms with van der Waals surface area (Å²) in [6, 6.07) is 15.7. The van der Waals surface area contributed by atoms with E-state index in [1.165, 1.54) is 11.3 Å². The highest BCUT2D eigenvalue weighted by molar-refractivity contribution is 7.17. The zero-order valence-electron chi connectivity index (χ0n) is 15.1. The summed E-state index contributed by atoms with van der Waals surface area (Å²) in [4.78, 5) is 4.69. The van der Waals surface area contributed by atoms with E-state index in [1.807, 2.05) is 48.5 Å². The van der Waals surface area contributed by atoms with Crippen LogP contribution in [0.5, 0.6) is 17.2 Å². The zero-order valence-corrected chi connectivity index (χ0v) is 15.9. The molecule has 0 fully saturated rings. The van der Waals surface area contributed by atoms with Crippen molar-refractivity contribution in [1.82, 2.24) is 15.2 Å². The second-order valence-electron chi connectivity index (χ2n) is 5.72. The van der Waals surface area contributed by atoms with Crippen LogP contribution in [0, 0.1) is 0 Å². The van der Waals surface area contributed by atoms with Crippen LogP contribution >= 0.6 is 11.3 Å². The summed E-state index contributed by atoms with van der Waals surface area (Å²) < 4.78 is 16.2. The Hall–Kier alpha value is -3.19. The Kier molecular flexibility index (Phi) is 4.60. The summed E-state index contributed by atoms with van der Waals surface area (Å²) in [5.41, 5.74) is 2.57. The lowest BCUT2D eigenvalue weighted by Gasteiger charge is -2.13. The van der Waals surface area contributed by atoms with Gasteiger partial charge >= 0.3 is 0 Å². The second kappa shape index (κ2) is 7.20. The van der Waals surface area contributed by atoms with Gasteiger partial charge < -0.3 is 14.2 Å². The van der Waals surface area contributed by atoms with Crippen molar-refractivity contribution in [3.8, 4) is 38.5 Å². The minimum absolute atomic E-state index is 0.546. The number of ether oxygens (including phenoxy) is 3. The summed E-state index contributed by atoms with van der Waals surface area (Å²) in [7, 11) is 4.76. The molecule has 0 saturated heterocycles. The van der Waals surface area contributed by atoms with Crippen molar-refractivity contribution in [3.05, 3.63) is 48.5 Å². The van der Waals surface area contributed by atoms with Gasteiger partial charge in [-0.2, -0.15) is 0 Å². The average Bonchev–Trinajstić information content (AvgIpc) is 3.22. The molecular weight excluding hydrogens is 362 g/mol. The van der Waals surface area contributed by atoms with Gasteiger partial charge in [0.1, 0.15) is 10.7 Å². The van der Waals surface area contributed by atoms with Gasteiger partial charge in [-0.25, -0.2) is 4.98 Å². The lowest BCUT2D eigenvalue weighted by atomic mass is 10.2. The van der Waals surface area contributed by atoms with E-state index in [2.05, 4.69) is 15.2 Å². The first-order chi connectivity index (χ1) is 13.2. The van der Waals surface area contributed by atoms with E-state index in [1.54, 1.807) is 21.3 Å². The van der Waals surface area contributed by atoms with Gasteiger partial charge in [0.25, 0.3) is 0 Å². The molecule has 0 bridgehead atoms. The smallest absolute Gasteiger partial charge is 0.203 e. The van der Waals surface area contributed by atoms with E-state index in [0.717, 1.165) is 32.2 Å². The summed E-state index contributed by atoms with van der Waals surface area (Å²) >= 11 is 1.46. The van der Waals surface area contributed by atoms with Crippen LogP contribution in [0.25, 0.3) is 32.2 Å². The molecule has 4 aromatic rings. The standard InChI is InChI=1S/C20H17N3O3S/c1-24-16-10-13(11-17(25-2)18(16)26-3)19-22-23-20(27-19)15-9-8-12-6-4-5-7-14(12)21-15/h4-11H,1-3H3. The molecule has 0 aliphatic rings. The van der Waals surface area contributed by atoms with Crippen molar-refractivity contribution in [3.63, 3.8) is 0 Å². The molecule has 0 spiro atoms. The predicted molar refractivity (Wildman–Crippen MR) is 106 cm³/mol. The first kappa shape index (κ1) is 17.2. The quantitative estimate of drug-likeness (QED) is 0.510. The Balaban J connectivity index is 1.75. The third-order valence-electron chi connectivity index (χ3n) is 4.15. The molecule has 6 nitrogen and oxygen atoms in total. The maximum absolute atomic E-state index is 5.42. The molecule has 0 amide bonds. The molecule has 0 unspecified atom stereocenters. The Morgan fingerprint density at radius 1 is 0.778 bits per heavy atom. The SMILES string of the molecule is COc1cc(-c2nnc(-c3ccc4ccccc4n3)s2)cc(OC)c1OC. The van der Waals surface area contributed by atoms with Gasteiger partial charge in [-0.1, -0.05) is 35.6 Å². The second-order valence-corrected chi connectivity index (χ2v) is 6.69. The largest absolute Gasteiger partial charge is 0.493 e. The monoisotopic (exact) mass is 379 g/mol. The lowest BCUT2D eigenvalue weighted by Crippen LogP contribution is -1.95. The van der Waals surface area contributed by atoms with Crippen LogP contribution in [-0.4, -0.2) is 36.5 Å². The summed E-state index contributed by atoms with van der Waals surface area (Å²) in [6.45, 7) is 0. The van der Waals surface area contributed by atoms with Gasteiger partial charge in [-0.15, -0.1) is 10.2 Å². The normalized spacial score (nSPS) is 10.8. The average molecular weight is 379 g/mol. The zero-order chi connectivity index (χ0) is 18.8. The predicted octanol–water partition coefficient (Wildman–Crippen LogP) is 4.45. The van der Waals surface area contributed by atoms with Gasteiger partial charge in [0, 0.05) is 10.9 Å². The number of benzene rings is 2. The van der Waals surface area contributed by atoms with Crippen LogP contribution in [0.15, 0.2) is 48.5 Å². The van der Waals surface area contributed by atoms with Crippen LogP contribution in [0.4, 0.5) is 0 Å². The molecule has 4 rings (SSSR count). The molecule has 2 heterocycles. The van der Waals surface area contributed by atoms with Crippen LogP contribution in [0.3, 0.4) is 0 Å². The van der Waals surface area contributed by atoms with Gasteiger partial charge in [0.05, 0.1) is 26.8 Å². The minimum atomic E-state index is 0.546. The third-order valence-corrected chi connectivity index (χ3v) is 5.15. The summed E-state index contributed by atoms with van der Waals surface area (Å²) in [5, 5.41) is 11.2. The first-order valence-electron chi connectivity index (χ1n) is 8.23. The molecule has 27 heavy (non-hydrogen) atoms. The Labute approximate surface area is 160 Å². The number of nitrogens with zero attached hydrogens (tertiary/aromatic N) is 3. The molecule has 7 heteroatoms.